The second-order valence-electron chi connectivity index (χ2n) is 8.09. The molecule has 0 aliphatic carbocycles. The number of hydrogen-bond donors (Lipinski definition) is 0. The molecule has 0 N–H and O–H groups in total. The maximum atomic E-state index is 14.1. The van der Waals surface area contributed by atoms with Gasteiger partial charge in [0.1, 0.15) is 17.3 Å². The van der Waals surface area contributed by atoms with Crippen molar-refractivity contribution in [1.82, 2.24) is 4.90 Å². The molecule has 0 aromatic heterocycles. The van der Waals surface area contributed by atoms with Gasteiger partial charge >= 0.3 is 0 Å². The molecule has 1 saturated heterocycles. The number of thioether (sulfide) groups is 1. The van der Waals surface area contributed by atoms with Crippen LogP contribution < -0.4 is 14.4 Å². The summed E-state index contributed by atoms with van der Waals surface area (Å²) in [6.07, 6.45) is 0. The largest absolute Gasteiger partial charge is 0.497 e. The van der Waals surface area contributed by atoms with Gasteiger partial charge in [0.05, 0.1) is 26.5 Å². The highest BCUT2D eigenvalue weighted by Gasteiger charge is 2.59. The number of anilines is 1. The van der Waals surface area contributed by atoms with E-state index in [1.807, 2.05) is 12.1 Å². The summed E-state index contributed by atoms with van der Waals surface area (Å²) in [4.78, 5) is 29.8. The Bertz CT molecular complexity index is 1280. The van der Waals surface area contributed by atoms with Crippen LogP contribution in [0.15, 0.2) is 66.7 Å². The minimum atomic E-state index is -1.22. The highest BCUT2D eigenvalue weighted by Crippen LogP contribution is 2.55. The van der Waals surface area contributed by atoms with Crippen LogP contribution in [0.2, 0.25) is 0 Å². The lowest BCUT2D eigenvalue weighted by Crippen LogP contribution is -2.50. The molecule has 2 aliphatic heterocycles. The van der Waals surface area contributed by atoms with Crippen molar-refractivity contribution in [3.8, 4) is 11.5 Å². The lowest BCUT2D eigenvalue weighted by molar-refractivity contribution is -0.123. The molecule has 0 unspecified atom stereocenters. The topological polar surface area (TPSA) is 59.1 Å². The molecule has 3 aromatic rings. The first-order valence-corrected chi connectivity index (χ1v) is 11.8. The van der Waals surface area contributed by atoms with Crippen LogP contribution in [0.3, 0.4) is 0 Å². The predicted octanol–water partition coefficient (Wildman–Crippen LogP) is 4.43. The number of halogens is 1. The van der Waals surface area contributed by atoms with Crippen molar-refractivity contribution in [3.05, 3.63) is 89.2 Å². The number of hydrogen-bond acceptors (Lipinski definition) is 5. The number of rotatable bonds is 5. The Labute approximate surface area is 201 Å². The molecule has 1 fully saturated rings. The van der Waals surface area contributed by atoms with Gasteiger partial charge in [-0.1, -0.05) is 18.2 Å². The molecule has 6 nitrogen and oxygen atoms in total. The first kappa shape index (κ1) is 22.3. The van der Waals surface area contributed by atoms with Crippen LogP contribution >= 0.6 is 11.8 Å². The normalized spacial score (nSPS) is 19.0. The summed E-state index contributed by atoms with van der Waals surface area (Å²) in [5, 5.41) is 0. The molecule has 1 atom stereocenters. The Morgan fingerprint density at radius 2 is 1.79 bits per heavy atom. The third kappa shape index (κ3) is 3.49. The van der Waals surface area contributed by atoms with Crippen molar-refractivity contribution in [3.63, 3.8) is 0 Å². The van der Waals surface area contributed by atoms with Crippen molar-refractivity contribution in [2.24, 2.45) is 0 Å². The van der Waals surface area contributed by atoms with Gasteiger partial charge in [-0.2, -0.15) is 0 Å². The average Bonchev–Trinajstić information content (AvgIpc) is 3.40. The minimum absolute atomic E-state index is 0.194. The zero-order chi connectivity index (χ0) is 23.9. The van der Waals surface area contributed by atoms with E-state index < -0.39 is 4.87 Å². The van der Waals surface area contributed by atoms with Crippen LogP contribution in [0.25, 0.3) is 0 Å². The molecule has 2 amide bonds. The molecular weight excluding hydrogens is 455 g/mol. The fourth-order valence-corrected chi connectivity index (χ4v) is 6.06. The molecule has 0 saturated carbocycles. The number of nitrogens with zero attached hydrogens (tertiary/aromatic N) is 2. The maximum absolute atomic E-state index is 14.1. The first-order valence-electron chi connectivity index (χ1n) is 10.8. The number of amides is 2. The molecule has 2 heterocycles. The average molecular weight is 479 g/mol. The number of fused-ring (bicyclic) bond motifs is 2. The summed E-state index contributed by atoms with van der Waals surface area (Å²) < 4.78 is 24.6. The van der Waals surface area contributed by atoms with Gasteiger partial charge in [0, 0.05) is 23.4 Å². The Balaban J connectivity index is 1.60. The van der Waals surface area contributed by atoms with Gasteiger partial charge in [-0.3, -0.25) is 9.59 Å². The lowest BCUT2D eigenvalue weighted by atomic mass is 10.0. The summed E-state index contributed by atoms with van der Waals surface area (Å²) in [5.41, 5.74) is 2.50. The van der Waals surface area contributed by atoms with Crippen molar-refractivity contribution in [1.29, 1.82) is 0 Å². The van der Waals surface area contributed by atoms with Crippen LogP contribution in [0, 0.1) is 5.82 Å². The van der Waals surface area contributed by atoms with Crippen LogP contribution in [0.4, 0.5) is 10.1 Å². The second kappa shape index (κ2) is 8.68. The quantitative estimate of drug-likeness (QED) is 0.543. The maximum Gasteiger partial charge on any atom is 0.268 e. The minimum Gasteiger partial charge on any atom is -0.497 e. The van der Waals surface area contributed by atoms with Crippen LogP contribution in [0.5, 0.6) is 11.5 Å². The number of benzene rings is 3. The molecule has 0 bridgehead atoms. The van der Waals surface area contributed by atoms with E-state index in [9.17, 15) is 14.0 Å². The van der Waals surface area contributed by atoms with Crippen LogP contribution in [0.1, 0.15) is 21.5 Å². The van der Waals surface area contributed by atoms with Crippen LogP contribution in [-0.4, -0.2) is 43.2 Å². The van der Waals surface area contributed by atoms with E-state index in [-0.39, 0.29) is 24.2 Å². The van der Waals surface area contributed by atoms with E-state index >= 15 is 0 Å². The van der Waals surface area contributed by atoms with Crippen molar-refractivity contribution in [2.45, 2.75) is 11.4 Å². The Hall–Kier alpha value is -3.52. The van der Waals surface area contributed by atoms with E-state index in [2.05, 4.69) is 0 Å². The van der Waals surface area contributed by atoms with E-state index in [0.717, 1.165) is 0 Å². The van der Waals surface area contributed by atoms with Crippen molar-refractivity contribution >= 4 is 29.3 Å². The van der Waals surface area contributed by atoms with Crippen LogP contribution in [-0.2, 0) is 16.2 Å². The Morgan fingerprint density at radius 3 is 2.56 bits per heavy atom. The number of ether oxygens (including phenoxy) is 2. The molecule has 174 valence electrons. The van der Waals surface area contributed by atoms with Gasteiger partial charge in [0.2, 0.25) is 0 Å². The van der Waals surface area contributed by atoms with Gasteiger partial charge in [0.15, 0.2) is 4.87 Å². The van der Waals surface area contributed by atoms with E-state index in [4.69, 9.17) is 9.47 Å². The zero-order valence-corrected chi connectivity index (χ0v) is 19.6. The number of methoxy groups -OCH3 is 2. The highest BCUT2D eigenvalue weighted by molar-refractivity contribution is 8.01. The molecule has 1 spiro atoms. The summed E-state index contributed by atoms with van der Waals surface area (Å²) in [7, 11) is 3.11. The fraction of sp³-hybridized carbons (Fsp3) is 0.231. The number of carbonyl (C=O) groups is 2. The summed E-state index contributed by atoms with van der Waals surface area (Å²) in [5.74, 6) is 0.932. The van der Waals surface area contributed by atoms with Crippen molar-refractivity contribution in [2.75, 3.05) is 31.4 Å². The Morgan fingerprint density at radius 1 is 1.03 bits per heavy atom. The molecule has 0 radical (unpaired) electrons. The SMILES string of the molecule is COc1cccc(C(=O)N2CCS[C@@]23C(=O)N(Cc2cccc(F)c2)c2ccc(OC)cc23)c1. The van der Waals surface area contributed by atoms with Gasteiger partial charge in [-0.05, 0) is 54.1 Å². The summed E-state index contributed by atoms with van der Waals surface area (Å²) in [6.45, 7) is 0.607. The fourth-order valence-electron chi connectivity index (χ4n) is 4.61. The monoisotopic (exact) mass is 478 g/mol. The smallest absolute Gasteiger partial charge is 0.268 e. The number of carbonyl (C=O) groups excluding carboxylic acids is 2. The standard InChI is InChI=1S/C26H23FN2O4S/c1-32-20-8-4-6-18(14-20)24(30)29-11-12-34-26(29)22-15-21(33-2)9-10-23(22)28(25(26)31)16-17-5-3-7-19(27)13-17/h3-10,13-15H,11-12,16H2,1-2H3/t26-/m0/s1. The first-order chi connectivity index (χ1) is 16.5. The molecule has 2 aliphatic rings. The molecule has 3 aromatic carbocycles. The summed E-state index contributed by atoms with van der Waals surface area (Å²) >= 11 is 1.43. The second-order valence-corrected chi connectivity index (χ2v) is 9.37. The van der Waals surface area contributed by atoms with E-state index in [1.165, 1.54) is 23.9 Å². The predicted molar refractivity (Wildman–Crippen MR) is 129 cm³/mol. The van der Waals surface area contributed by atoms with Gasteiger partial charge < -0.3 is 19.3 Å². The Kier molecular flexibility index (Phi) is 5.69. The zero-order valence-electron chi connectivity index (χ0n) is 18.8. The summed E-state index contributed by atoms with van der Waals surface area (Å²) in [6, 6.07) is 18.6. The molecule has 34 heavy (non-hydrogen) atoms. The molecular formula is C26H23FN2O4S. The van der Waals surface area contributed by atoms with E-state index in [1.54, 1.807) is 66.5 Å². The van der Waals surface area contributed by atoms with Gasteiger partial charge in [-0.25, -0.2) is 4.39 Å². The van der Waals surface area contributed by atoms with Gasteiger partial charge in [-0.15, -0.1) is 11.8 Å². The molecule has 8 heteroatoms. The highest BCUT2D eigenvalue weighted by atomic mass is 32.2. The lowest BCUT2D eigenvalue weighted by Gasteiger charge is -2.33. The van der Waals surface area contributed by atoms with E-state index in [0.29, 0.717) is 46.2 Å². The third-order valence-electron chi connectivity index (χ3n) is 6.19. The van der Waals surface area contributed by atoms with Gasteiger partial charge in [0.25, 0.3) is 11.8 Å². The molecule has 5 rings (SSSR count). The third-order valence-corrected chi connectivity index (χ3v) is 7.61. The van der Waals surface area contributed by atoms with Crippen molar-refractivity contribution < 1.29 is 23.5 Å².